The van der Waals surface area contributed by atoms with Gasteiger partial charge >= 0.3 is 6.03 Å². The number of fused-ring (bicyclic) bond motifs is 2. The topological polar surface area (TPSA) is 123 Å². The largest absolute Gasteiger partial charge is 0.368 e. The van der Waals surface area contributed by atoms with Gasteiger partial charge in [-0.1, -0.05) is 36.4 Å². The third kappa shape index (κ3) is 4.62. The molecule has 0 spiro atoms. The number of carbonyl (C=O) groups excluding carboxylic acids is 1. The van der Waals surface area contributed by atoms with Crippen molar-refractivity contribution in [3.8, 4) is 22.5 Å². The van der Waals surface area contributed by atoms with Crippen LogP contribution < -0.4 is 11.1 Å². The first-order valence-electron chi connectivity index (χ1n) is 13.8. The molecule has 1 saturated heterocycles. The van der Waals surface area contributed by atoms with Crippen LogP contribution in [0.1, 0.15) is 24.4 Å². The molecular weight excluding hydrogens is 514 g/mol. The van der Waals surface area contributed by atoms with Crippen molar-refractivity contribution in [3.63, 3.8) is 0 Å². The summed E-state index contributed by atoms with van der Waals surface area (Å²) in [5, 5.41) is 10.6. The quantitative estimate of drug-likeness (QED) is 0.262. The van der Waals surface area contributed by atoms with E-state index < -0.39 is 0 Å². The van der Waals surface area contributed by atoms with Crippen LogP contribution in [0, 0.1) is 6.92 Å². The first-order chi connectivity index (χ1) is 19.9. The molecule has 1 aliphatic rings. The number of rotatable bonds is 4. The van der Waals surface area contributed by atoms with E-state index in [4.69, 9.17) is 5.73 Å². The van der Waals surface area contributed by atoms with E-state index in [1.165, 1.54) is 0 Å². The summed E-state index contributed by atoms with van der Waals surface area (Å²) in [6, 6.07) is 15.9. The molecule has 206 valence electrons. The van der Waals surface area contributed by atoms with Gasteiger partial charge in [-0.2, -0.15) is 10.1 Å². The Kier molecular flexibility index (Phi) is 6.05. The minimum absolute atomic E-state index is 0.177. The van der Waals surface area contributed by atoms with E-state index in [0.717, 1.165) is 64.5 Å². The first kappa shape index (κ1) is 25.0. The van der Waals surface area contributed by atoms with Crippen LogP contribution in [0.5, 0.6) is 0 Å². The zero-order valence-electron chi connectivity index (χ0n) is 23.0. The van der Waals surface area contributed by atoms with Crippen LogP contribution in [0.3, 0.4) is 0 Å². The summed E-state index contributed by atoms with van der Waals surface area (Å²) >= 11 is 0. The molecule has 1 fully saturated rings. The molecule has 10 nitrogen and oxygen atoms in total. The molecule has 4 aromatic heterocycles. The van der Waals surface area contributed by atoms with Gasteiger partial charge < -0.3 is 20.9 Å². The lowest BCUT2D eigenvalue weighted by Crippen LogP contribution is -2.31. The third-order valence-corrected chi connectivity index (χ3v) is 8.10. The van der Waals surface area contributed by atoms with Crippen molar-refractivity contribution in [2.24, 2.45) is 0 Å². The fraction of sp³-hybridized carbons (Fsp3) is 0.226. The Hall–Kier alpha value is -4.96. The highest BCUT2D eigenvalue weighted by molar-refractivity contribution is 5.99. The van der Waals surface area contributed by atoms with Crippen molar-refractivity contribution < 1.29 is 4.79 Å². The molecule has 0 atom stereocenters. The van der Waals surface area contributed by atoms with E-state index in [-0.39, 0.29) is 12.0 Å². The summed E-state index contributed by atoms with van der Waals surface area (Å²) in [6.45, 7) is 4.12. The Morgan fingerprint density at radius 2 is 1.78 bits per heavy atom. The van der Waals surface area contributed by atoms with Gasteiger partial charge in [-0.15, -0.1) is 0 Å². The van der Waals surface area contributed by atoms with Gasteiger partial charge in [0.05, 0.1) is 23.6 Å². The van der Waals surface area contributed by atoms with Gasteiger partial charge in [-0.3, -0.25) is 9.25 Å². The van der Waals surface area contributed by atoms with Crippen LogP contribution in [0.2, 0.25) is 0 Å². The number of carbonyl (C=O) groups is 1. The zero-order valence-corrected chi connectivity index (χ0v) is 23.0. The number of hydrogen-bond acceptors (Lipinski definition) is 6. The highest BCUT2D eigenvalue weighted by Gasteiger charge is 2.21. The second-order valence-electron chi connectivity index (χ2n) is 10.8. The van der Waals surface area contributed by atoms with Crippen LogP contribution >= 0.6 is 0 Å². The number of nitrogens with one attached hydrogen (secondary N) is 2. The second kappa shape index (κ2) is 9.90. The third-order valence-electron chi connectivity index (χ3n) is 8.10. The molecule has 5 heterocycles. The van der Waals surface area contributed by atoms with E-state index >= 15 is 0 Å². The number of nitrogens with zero attached hydrogens (tertiary/aromatic N) is 6. The highest BCUT2D eigenvalue weighted by Crippen LogP contribution is 2.35. The molecule has 7 rings (SSSR count). The van der Waals surface area contributed by atoms with Gasteiger partial charge in [0.25, 0.3) is 0 Å². The van der Waals surface area contributed by atoms with Crippen LogP contribution in [-0.2, 0) is 0 Å². The fourth-order valence-electron chi connectivity index (χ4n) is 5.73. The number of piperidine rings is 1. The SMILES string of the molecule is Cc1c(NC(=O)n2cc3ccccc3c2)cccc1-c1nc(N)nc2[nH]c(-c3cnn(C4CCN(C)CC4)c3)cc12. The molecule has 41 heavy (non-hydrogen) atoms. The van der Waals surface area contributed by atoms with Crippen molar-refractivity contribution >= 4 is 39.5 Å². The molecule has 2 aromatic carbocycles. The molecule has 4 N–H and O–H groups in total. The lowest BCUT2D eigenvalue weighted by Gasteiger charge is -2.28. The molecule has 0 radical (unpaired) electrons. The maximum absolute atomic E-state index is 13.1. The summed E-state index contributed by atoms with van der Waals surface area (Å²) in [6.07, 6.45) is 9.82. The smallest absolute Gasteiger partial charge is 0.330 e. The number of anilines is 2. The molecule has 0 saturated carbocycles. The van der Waals surface area contributed by atoms with E-state index in [1.54, 1.807) is 4.57 Å². The standard InChI is InChI=1S/C31H31N9O/c1-19-24(8-5-9-26(19)35-31(41)39-16-20-6-3-4-7-21(20)17-39)28-25-14-27(34-29(25)37-30(32)36-28)22-15-33-40(18-22)23-10-12-38(2)13-11-23/h3-9,14-18,23H,10-13H2,1-2H3,(H,35,41)(H3,32,34,36,37). The second-order valence-corrected chi connectivity index (χ2v) is 10.8. The average Bonchev–Trinajstić information content (AvgIpc) is 3.72. The zero-order chi connectivity index (χ0) is 28.1. The summed E-state index contributed by atoms with van der Waals surface area (Å²) in [7, 11) is 2.16. The van der Waals surface area contributed by atoms with Gasteiger partial charge in [0, 0.05) is 40.8 Å². The minimum atomic E-state index is -0.237. The van der Waals surface area contributed by atoms with Crippen molar-refractivity contribution in [1.82, 2.24) is 34.2 Å². The van der Waals surface area contributed by atoms with Gasteiger partial charge in [-0.05, 0) is 68.4 Å². The van der Waals surface area contributed by atoms with Crippen LogP contribution in [0.25, 0.3) is 44.3 Å². The Balaban J connectivity index is 1.21. The van der Waals surface area contributed by atoms with Gasteiger partial charge in [0.1, 0.15) is 5.65 Å². The number of likely N-dealkylation sites (tertiary alicyclic amines) is 1. The Bertz CT molecular complexity index is 1870. The average molecular weight is 546 g/mol. The van der Waals surface area contributed by atoms with Crippen molar-refractivity contribution in [2.45, 2.75) is 25.8 Å². The lowest BCUT2D eigenvalue weighted by atomic mass is 10.0. The molecule has 6 aromatic rings. The number of H-pyrrole nitrogens is 1. The number of nitrogen functional groups attached to an aromatic ring is 1. The molecular formula is C31H31N9O. The number of nitrogens with two attached hydrogens (primary N) is 1. The number of aromatic nitrogens is 6. The molecule has 0 unspecified atom stereocenters. The Morgan fingerprint density at radius 3 is 2.54 bits per heavy atom. The van der Waals surface area contributed by atoms with Crippen molar-refractivity contribution in [1.29, 1.82) is 0 Å². The van der Waals surface area contributed by atoms with Gasteiger partial charge in [-0.25, -0.2) is 9.78 Å². The summed E-state index contributed by atoms with van der Waals surface area (Å²) in [5.41, 5.74) is 11.9. The Morgan fingerprint density at radius 1 is 1.02 bits per heavy atom. The summed E-state index contributed by atoms with van der Waals surface area (Å²) in [5.74, 6) is 0.177. The maximum Gasteiger partial charge on any atom is 0.330 e. The highest BCUT2D eigenvalue weighted by atomic mass is 16.2. The fourth-order valence-corrected chi connectivity index (χ4v) is 5.73. The Labute approximate surface area is 236 Å². The maximum atomic E-state index is 13.1. The van der Waals surface area contributed by atoms with E-state index in [9.17, 15) is 4.79 Å². The van der Waals surface area contributed by atoms with Gasteiger partial charge in [0.15, 0.2) is 0 Å². The van der Waals surface area contributed by atoms with Gasteiger partial charge in [0.2, 0.25) is 5.95 Å². The molecule has 0 bridgehead atoms. The number of aromatic amines is 1. The number of hydrogen-bond donors (Lipinski definition) is 3. The van der Waals surface area contributed by atoms with E-state index in [0.29, 0.717) is 23.1 Å². The molecule has 10 heteroatoms. The predicted octanol–water partition coefficient (Wildman–Crippen LogP) is 5.68. The van der Waals surface area contributed by atoms with Crippen molar-refractivity contribution in [2.75, 3.05) is 31.2 Å². The minimum Gasteiger partial charge on any atom is -0.368 e. The molecule has 1 aliphatic heterocycles. The van der Waals surface area contributed by atoms with E-state index in [2.05, 4.69) is 54.3 Å². The normalized spacial score (nSPS) is 14.7. The monoisotopic (exact) mass is 545 g/mol. The number of amides is 1. The molecule has 0 aliphatic carbocycles. The first-order valence-corrected chi connectivity index (χ1v) is 13.8. The predicted molar refractivity (Wildman–Crippen MR) is 162 cm³/mol. The summed E-state index contributed by atoms with van der Waals surface area (Å²) < 4.78 is 3.65. The number of benzene rings is 2. The van der Waals surface area contributed by atoms with Crippen LogP contribution in [-0.4, -0.2) is 60.4 Å². The summed E-state index contributed by atoms with van der Waals surface area (Å²) in [4.78, 5) is 28.0. The molecule has 1 amide bonds. The van der Waals surface area contributed by atoms with E-state index in [1.807, 2.05) is 68.0 Å². The lowest BCUT2D eigenvalue weighted by molar-refractivity contribution is 0.212. The van der Waals surface area contributed by atoms with Crippen LogP contribution in [0.4, 0.5) is 16.4 Å². The van der Waals surface area contributed by atoms with Crippen molar-refractivity contribution in [3.05, 3.63) is 78.9 Å². The van der Waals surface area contributed by atoms with Crippen LogP contribution in [0.15, 0.2) is 73.3 Å².